The van der Waals surface area contributed by atoms with Crippen molar-refractivity contribution in [2.75, 3.05) is 24.4 Å². The number of allylic oxidation sites excluding steroid dienone is 1. The van der Waals surface area contributed by atoms with Crippen molar-refractivity contribution in [3.63, 3.8) is 0 Å². The average Bonchev–Trinajstić information content (AvgIpc) is 2.60. The van der Waals surface area contributed by atoms with Crippen molar-refractivity contribution in [1.82, 2.24) is 20.3 Å². The zero-order valence-corrected chi connectivity index (χ0v) is 16.7. The van der Waals surface area contributed by atoms with E-state index in [1.807, 2.05) is 31.3 Å². The molecule has 0 radical (unpaired) electrons. The van der Waals surface area contributed by atoms with E-state index >= 15 is 0 Å². The van der Waals surface area contributed by atoms with Gasteiger partial charge in [-0.05, 0) is 67.2 Å². The fraction of sp³-hybridized carbons (Fsp3) is 0.294. The Morgan fingerprint density at radius 3 is 2.85 bits per heavy atom. The molecule has 0 aliphatic carbocycles. The summed E-state index contributed by atoms with van der Waals surface area (Å²) in [4.78, 5) is 20.5. The number of carbonyl (C=O) groups is 1. The molecule has 2 aromatic rings. The Balaban J connectivity index is 1.94. The van der Waals surface area contributed by atoms with Crippen LogP contribution in [0.15, 0.2) is 30.5 Å². The molecule has 0 fully saturated rings. The van der Waals surface area contributed by atoms with Gasteiger partial charge in [0.2, 0.25) is 16.6 Å². The quantitative estimate of drug-likeness (QED) is 0.321. The third-order valence-electron chi connectivity index (χ3n) is 3.48. The standard InChI is InChI=1S/C17H22N6O2S2/c1-11(24)19-8-4-3-5-12-9-13(6-7-14(12)18-2)25-10-20-15-21-16(26)23-17(27)22-15/h4,6-9,18H,3,5,10H2,1-2H3,(H,19,24)(H3,20,21,22,23,26,27)/b8-4-. The fourth-order valence-corrected chi connectivity index (χ4v) is 2.73. The predicted molar refractivity (Wildman–Crippen MR) is 111 cm³/mol. The lowest BCUT2D eigenvalue weighted by molar-refractivity contribution is -0.118. The van der Waals surface area contributed by atoms with Crippen molar-refractivity contribution in [2.45, 2.75) is 19.8 Å². The first-order valence-corrected chi connectivity index (χ1v) is 9.09. The molecule has 1 aromatic heterocycles. The molecule has 144 valence electrons. The van der Waals surface area contributed by atoms with E-state index < -0.39 is 0 Å². The van der Waals surface area contributed by atoms with Crippen LogP contribution in [-0.2, 0) is 11.2 Å². The van der Waals surface area contributed by atoms with Crippen LogP contribution in [0.25, 0.3) is 0 Å². The maximum atomic E-state index is 10.8. The number of rotatable bonds is 9. The molecule has 5 N–H and O–H groups in total. The molecule has 0 aliphatic rings. The first kappa shape index (κ1) is 20.6. The van der Waals surface area contributed by atoms with Crippen LogP contribution in [0.4, 0.5) is 11.6 Å². The topological polar surface area (TPSA) is 107 Å². The van der Waals surface area contributed by atoms with Crippen LogP contribution in [0, 0.1) is 9.54 Å². The summed E-state index contributed by atoms with van der Waals surface area (Å²) in [6, 6.07) is 5.83. The Hall–Kier alpha value is -2.72. The van der Waals surface area contributed by atoms with E-state index in [4.69, 9.17) is 29.2 Å². The number of hydrogen-bond donors (Lipinski definition) is 5. The van der Waals surface area contributed by atoms with Gasteiger partial charge in [0.05, 0.1) is 0 Å². The summed E-state index contributed by atoms with van der Waals surface area (Å²) < 4.78 is 6.43. The molecule has 0 aliphatic heterocycles. The third kappa shape index (κ3) is 7.19. The van der Waals surface area contributed by atoms with E-state index in [1.165, 1.54) is 6.92 Å². The van der Waals surface area contributed by atoms with E-state index in [2.05, 4.69) is 30.9 Å². The fourth-order valence-electron chi connectivity index (χ4n) is 2.27. The summed E-state index contributed by atoms with van der Waals surface area (Å²) in [7, 11) is 1.88. The summed E-state index contributed by atoms with van der Waals surface area (Å²) in [6.07, 6.45) is 5.18. The van der Waals surface area contributed by atoms with Gasteiger partial charge < -0.3 is 30.7 Å². The highest BCUT2D eigenvalue weighted by atomic mass is 32.1. The van der Waals surface area contributed by atoms with Gasteiger partial charge in [0.25, 0.3) is 0 Å². The SMILES string of the molecule is CNc1ccc(OCNc2nc(=S)[nH]c(=S)[nH]2)cc1CC/C=C\NC(C)=O. The van der Waals surface area contributed by atoms with Crippen molar-refractivity contribution >= 4 is 42.0 Å². The number of ether oxygens (including phenoxy) is 1. The second-order valence-corrected chi connectivity index (χ2v) is 6.32. The summed E-state index contributed by atoms with van der Waals surface area (Å²) >= 11 is 9.99. The Morgan fingerprint density at radius 2 is 2.15 bits per heavy atom. The number of aromatic nitrogens is 3. The molecular weight excluding hydrogens is 384 g/mol. The van der Waals surface area contributed by atoms with Crippen LogP contribution >= 0.6 is 24.4 Å². The Kier molecular flexibility index (Phi) is 7.96. The Morgan fingerprint density at radius 1 is 1.33 bits per heavy atom. The molecule has 8 nitrogen and oxygen atoms in total. The van der Waals surface area contributed by atoms with Gasteiger partial charge in [-0.1, -0.05) is 6.08 Å². The number of hydrogen-bond acceptors (Lipinski definition) is 7. The lowest BCUT2D eigenvalue weighted by Crippen LogP contribution is -2.12. The third-order valence-corrected chi connectivity index (χ3v) is 3.87. The molecule has 0 atom stereocenters. The first-order valence-electron chi connectivity index (χ1n) is 8.28. The molecule has 0 unspecified atom stereocenters. The molecule has 0 saturated heterocycles. The molecule has 10 heteroatoms. The van der Waals surface area contributed by atoms with Gasteiger partial charge in [0.15, 0.2) is 11.5 Å². The molecule has 1 amide bonds. The largest absolute Gasteiger partial charge is 0.473 e. The van der Waals surface area contributed by atoms with Crippen molar-refractivity contribution in [3.05, 3.63) is 45.6 Å². The van der Waals surface area contributed by atoms with Crippen molar-refractivity contribution < 1.29 is 9.53 Å². The molecule has 1 heterocycles. The number of nitrogens with one attached hydrogen (secondary N) is 5. The van der Waals surface area contributed by atoms with E-state index in [0.717, 1.165) is 29.8 Å². The number of anilines is 2. The second kappa shape index (κ2) is 10.4. The number of carbonyl (C=O) groups excluding carboxylic acids is 1. The van der Waals surface area contributed by atoms with E-state index in [9.17, 15) is 4.79 Å². The van der Waals surface area contributed by atoms with Gasteiger partial charge in [-0.2, -0.15) is 4.98 Å². The van der Waals surface area contributed by atoms with Crippen LogP contribution in [0.1, 0.15) is 18.9 Å². The first-order chi connectivity index (χ1) is 13.0. The molecule has 1 aromatic carbocycles. The van der Waals surface area contributed by atoms with Gasteiger partial charge in [-0.3, -0.25) is 4.79 Å². The Labute approximate surface area is 167 Å². The number of H-pyrrole nitrogens is 2. The minimum absolute atomic E-state index is 0.0839. The van der Waals surface area contributed by atoms with Crippen molar-refractivity contribution in [1.29, 1.82) is 0 Å². The summed E-state index contributed by atoms with van der Waals surface area (Å²) in [6.45, 7) is 1.68. The zero-order chi connectivity index (χ0) is 19.6. The van der Waals surface area contributed by atoms with Gasteiger partial charge >= 0.3 is 0 Å². The lowest BCUT2D eigenvalue weighted by Gasteiger charge is -2.12. The van der Waals surface area contributed by atoms with Gasteiger partial charge in [0, 0.05) is 19.7 Å². The lowest BCUT2D eigenvalue weighted by atomic mass is 10.1. The number of benzene rings is 1. The zero-order valence-electron chi connectivity index (χ0n) is 15.1. The van der Waals surface area contributed by atoms with Crippen LogP contribution in [0.3, 0.4) is 0 Å². The minimum Gasteiger partial charge on any atom is -0.473 e. The van der Waals surface area contributed by atoms with Crippen molar-refractivity contribution in [2.24, 2.45) is 0 Å². The van der Waals surface area contributed by atoms with Crippen molar-refractivity contribution in [3.8, 4) is 5.75 Å². The highest BCUT2D eigenvalue weighted by molar-refractivity contribution is 7.71. The minimum atomic E-state index is -0.0839. The van der Waals surface area contributed by atoms with Gasteiger partial charge in [-0.25, -0.2) is 0 Å². The highest BCUT2D eigenvalue weighted by Crippen LogP contribution is 2.23. The number of nitrogens with zero attached hydrogens (tertiary/aromatic N) is 1. The van der Waals surface area contributed by atoms with Crippen LogP contribution in [-0.4, -0.2) is 34.6 Å². The number of amides is 1. The summed E-state index contributed by atoms with van der Waals surface area (Å²) in [5, 5.41) is 8.78. The summed E-state index contributed by atoms with van der Waals surface area (Å²) in [5.74, 6) is 1.08. The molecule has 0 saturated carbocycles. The number of aryl methyl sites for hydroxylation is 1. The molecule has 0 bridgehead atoms. The van der Waals surface area contributed by atoms with E-state index in [0.29, 0.717) is 15.5 Å². The predicted octanol–water partition coefficient (Wildman–Crippen LogP) is 3.27. The number of aromatic amines is 2. The Bertz CT molecular complexity index is 894. The van der Waals surface area contributed by atoms with Gasteiger partial charge in [0.1, 0.15) is 5.75 Å². The molecular formula is C17H22N6O2S2. The van der Waals surface area contributed by atoms with E-state index in [1.54, 1.807) is 6.20 Å². The maximum Gasteiger partial charge on any atom is 0.220 e. The molecule has 2 rings (SSSR count). The van der Waals surface area contributed by atoms with Crippen LogP contribution < -0.4 is 20.7 Å². The average molecular weight is 407 g/mol. The smallest absolute Gasteiger partial charge is 0.220 e. The summed E-state index contributed by atoms with van der Waals surface area (Å²) in [5.41, 5.74) is 2.14. The van der Waals surface area contributed by atoms with Crippen LogP contribution in [0.2, 0.25) is 0 Å². The second-order valence-electron chi connectivity index (χ2n) is 5.52. The maximum absolute atomic E-state index is 10.8. The van der Waals surface area contributed by atoms with Crippen LogP contribution in [0.5, 0.6) is 5.75 Å². The molecule has 0 spiro atoms. The molecule has 27 heavy (non-hydrogen) atoms. The highest BCUT2D eigenvalue weighted by Gasteiger charge is 2.04. The van der Waals surface area contributed by atoms with Gasteiger partial charge in [-0.15, -0.1) is 0 Å². The normalized spacial score (nSPS) is 10.6. The van der Waals surface area contributed by atoms with E-state index in [-0.39, 0.29) is 12.6 Å². The monoisotopic (exact) mass is 406 g/mol.